The van der Waals surface area contributed by atoms with Gasteiger partial charge >= 0.3 is 0 Å². The van der Waals surface area contributed by atoms with Crippen LogP contribution >= 0.6 is 0 Å². The van der Waals surface area contributed by atoms with Gasteiger partial charge in [-0.3, -0.25) is 14.6 Å². The maximum absolute atomic E-state index is 14.1. The number of methoxy groups -OCH3 is 1. The summed E-state index contributed by atoms with van der Waals surface area (Å²) in [5.74, 6) is -3.23. The molecule has 0 radical (unpaired) electrons. The number of rotatable bonds is 5. The van der Waals surface area contributed by atoms with E-state index in [1.165, 1.54) is 31.6 Å². The van der Waals surface area contributed by atoms with E-state index in [0.717, 1.165) is 30.5 Å². The Morgan fingerprint density at radius 2 is 1.68 bits per heavy atom. The van der Waals surface area contributed by atoms with Crippen molar-refractivity contribution in [2.75, 3.05) is 25.5 Å². The van der Waals surface area contributed by atoms with E-state index >= 15 is 0 Å². The third kappa shape index (κ3) is 5.02. The van der Waals surface area contributed by atoms with Crippen molar-refractivity contribution in [1.29, 1.82) is 0 Å². The zero-order chi connectivity index (χ0) is 26.8. The minimum absolute atomic E-state index is 0.106. The molecule has 1 fully saturated rings. The number of aromatic nitrogens is 2. The molecular formula is C28H23F3N4O3. The molecule has 10 heteroatoms. The van der Waals surface area contributed by atoms with Gasteiger partial charge in [-0.15, -0.1) is 0 Å². The van der Waals surface area contributed by atoms with E-state index in [1.54, 1.807) is 17.0 Å². The first-order valence-corrected chi connectivity index (χ1v) is 12.0. The van der Waals surface area contributed by atoms with Gasteiger partial charge < -0.3 is 15.0 Å². The number of nitrogens with zero attached hydrogens (tertiary/aromatic N) is 3. The number of likely N-dealkylation sites (tertiary alicyclic amines) is 1. The van der Waals surface area contributed by atoms with Crippen LogP contribution in [0.3, 0.4) is 0 Å². The molecule has 0 bridgehead atoms. The molecule has 3 heterocycles. The Morgan fingerprint density at radius 1 is 0.947 bits per heavy atom. The van der Waals surface area contributed by atoms with E-state index in [0.29, 0.717) is 29.7 Å². The topological polar surface area (TPSA) is 84.4 Å². The Hall–Kier alpha value is -4.47. The minimum Gasteiger partial charge on any atom is -0.495 e. The molecule has 0 atom stereocenters. The van der Waals surface area contributed by atoms with Crippen LogP contribution in [0.5, 0.6) is 5.75 Å². The van der Waals surface area contributed by atoms with E-state index in [2.05, 4.69) is 15.3 Å². The lowest BCUT2D eigenvalue weighted by molar-refractivity contribution is 0.0712. The van der Waals surface area contributed by atoms with Gasteiger partial charge in [0.25, 0.3) is 11.8 Å². The number of nitrogens with one attached hydrogen (secondary N) is 1. The summed E-state index contributed by atoms with van der Waals surface area (Å²) in [6, 6.07) is 12.3. The van der Waals surface area contributed by atoms with Gasteiger partial charge in [0.05, 0.1) is 18.9 Å². The van der Waals surface area contributed by atoms with Gasteiger partial charge in [-0.05, 0) is 54.7 Å². The van der Waals surface area contributed by atoms with Crippen LogP contribution in [0.4, 0.5) is 18.9 Å². The number of carbonyl (C=O) groups excluding carboxylic acids is 2. The molecule has 0 spiro atoms. The van der Waals surface area contributed by atoms with Crippen molar-refractivity contribution >= 4 is 28.4 Å². The van der Waals surface area contributed by atoms with Crippen molar-refractivity contribution < 1.29 is 27.5 Å². The fraction of sp³-hybridized carbons (Fsp3) is 0.214. The number of fused-ring (bicyclic) bond motifs is 1. The second-order valence-corrected chi connectivity index (χ2v) is 9.01. The molecule has 0 aliphatic carbocycles. The first-order valence-electron chi connectivity index (χ1n) is 12.0. The highest BCUT2D eigenvalue weighted by Crippen LogP contribution is 2.30. The number of hydrogen-bond acceptors (Lipinski definition) is 5. The third-order valence-electron chi connectivity index (χ3n) is 6.68. The number of ether oxygens (including phenoxy) is 1. The summed E-state index contributed by atoms with van der Waals surface area (Å²) < 4.78 is 46.4. The van der Waals surface area contributed by atoms with E-state index < -0.39 is 23.4 Å². The van der Waals surface area contributed by atoms with Crippen LogP contribution in [-0.2, 0) is 0 Å². The highest BCUT2D eigenvalue weighted by Gasteiger charge is 2.25. The lowest BCUT2D eigenvalue weighted by atomic mass is 9.89. The van der Waals surface area contributed by atoms with Gasteiger partial charge in [0.15, 0.2) is 23.1 Å². The Bertz CT molecular complexity index is 1520. The second kappa shape index (κ2) is 10.5. The summed E-state index contributed by atoms with van der Waals surface area (Å²) in [5.41, 5.74) is 1.46. The van der Waals surface area contributed by atoms with Crippen molar-refractivity contribution in [2.24, 2.45) is 0 Å². The van der Waals surface area contributed by atoms with Crippen LogP contribution in [0, 0.1) is 17.5 Å². The molecule has 38 heavy (non-hydrogen) atoms. The number of anilines is 1. The number of pyridine rings is 2. The summed E-state index contributed by atoms with van der Waals surface area (Å²) in [7, 11) is 1.38. The fourth-order valence-electron chi connectivity index (χ4n) is 4.58. The van der Waals surface area contributed by atoms with Crippen LogP contribution < -0.4 is 10.1 Å². The maximum atomic E-state index is 14.1. The predicted octanol–water partition coefficient (Wildman–Crippen LogP) is 5.33. The zero-order valence-electron chi connectivity index (χ0n) is 20.4. The molecule has 1 aliphatic heterocycles. The lowest BCUT2D eigenvalue weighted by Crippen LogP contribution is -2.38. The molecule has 1 N–H and O–H groups in total. The van der Waals surface area contributed by atoms with E-state index in [4.69, 9.17) is 4.74 Å². The number of amides is 2. The third-order valence-corrected chi connectivity index (χ3v) is 6.68. The van der Waals surface area contributed by atoms with Crippen LogP contribution in [0.15, 0.2) is 60.9 Å². The standard InChI is InChI=1S/C28H23F3N4O3/c1-38-21-13-23(30)26(33-15-21)27(36)34-20-5-2-16(3-6-20)17-8-10-35(11-9-17)28(37)19-12-18-4-7-22(29)24(31)25(18)32-14-19/h2-7,12-15,17H,8-11H2,1H3,(H,34,36). The Labute approximate surface area is 216 Å². The molecule has 7 nitrogen and oxygen atoms in total. The summed E-state index contributed by atoms with van der Waals surface area (Å²) >= 11 is 0. The summed E-state index contributed by atoms with van der Waals surface area (Å²) in [6.45, 7) is 1.06. The molecule has 2 aromatic heterocycles. The number of halogens is 3. The monoisotopic (exact) mass is 520 g/mol. The summed E-state index contributed by atoms with van der Waals surface area (Å²) in [5, 5.41) is 3.00. The fourth-order valence-corrected chi connectivity index (χ4v) is 4.58. The van der Waals surface area contributed by atoms with Crippen molar-refractivity contribution in [2.45, 2.75) is 18.8 Å². The maximum Gasteiger partial charge on any atom is 0.277 e. The van der Waals surface area contributed by atoms with E-state index in [1.807, 2.05) is 12.1 Å². The first-order chi connectivity index (χ1) is 18.3. The Kier molecular flexibility index (Phi) is 6.95. The average Bonchev–Trinajstić information content (AvgIpc) is 2.95. The van der Waals surface area contributed by atoms with Gasteiger partial charge in [-0.1, -0.05) is 12.1 Å². The Morgan fingerprint density at radius 3 is 2.37 bits per heavy atom. The molecule has 1 aliphatic rings. The largest absolute Gasteiger partial charge is 0.495 e. The van der Waals surface area contributed by atoms with Gasteiger partial charge in [0.2, 0.25) is 0 Å². The number of carbonyl (C=O) groups is 2. The molecule has 0 unspecified atom stereocenters. The minimum atomic E-state index is -1.03. The zero-order valence-corrected chi connectivity index (χ0v) is 20.4. The molecule has 194 valence electrons. The lowest BCUT2D eigenvalue weighted by Gasteiger charge is -2.32. The van der Waals surface area contributed by atoms with Crippen molar-refractivity contribution in [3.8, 4) is 5.75 Å². The highest BCUT2D eigenvalue weighted by atomic mass is 19.2. The predicted molar refractivity (Wildman–Crippen MR) is 135 cm³/mol. The van der Waals surface area contributed by atoms with Crippen LogP contribution in [0.1, 0.15) is 45.2 Å². The van der Waals surface area contributed by atoms with Gasteiger partial charge in [0.1, 0.15) is 11.3 Å². The number of benzene rings is 2. The molecule has 2 amide bonds. The first kappa shape index (κ1) is 25.2. The van der Waals surface area contributed by atoms with Crippen LogP contribution in [0.25, 0.3) is 10.9 Å². The highest BCUT2D eigenvalue weighted by molar-refractivity contribution is 6.03. The normalized spacial score (nSPS) is 13.9. The van der Waals surface area contributed by atoms with Crippen molar-refractivity contribution in [3.63, 3.8) is 0 Å². The van der Waals surface area contributed by atoms with Gasteiger partial charge in [-0.2, -0.15) is 0 Å². The average molecular weight is 521 g/mol. The summed E-state index contributed by atoms with van der Waals surface area (Å²) in [4.78, 5) is 34.9. The van der Waals surface area contributed by atoms with E-state index in [9.17, 15) is 22.8 Å². The molecular weight excluding hydrogens is 497 g/mol. The molecule has 1 saturated heterocycles. The molecule has 0 saturated carbocycles. The number of hydrogen-bond donors (Lipinski definition) is 1. The molecule has 5 rings (SSSR count). The van der Waals surface area contributed by atoms with Crippen LogP contribution in [0.2, 0.25) is 0 Å². The summed E-state index contributed by atoms with van der Waals surface area (Å²) in [6.07, 6.45) is 4.02. The quantitative estimate of drug-likeness (QED) is 0.385. The second-order valence-electron chi connectivity index (χ2n) is 9.01. The number of piperidine rings is 1. The smallest absolute Gasteiger partial charge is 0.277 e. The van der Waals surface area contributed by atoms with E-state index in [-0.39, 0.29) is 28.8 Å². The molecule has 4 aromatic rings. The van der Waals surface area contributed by atoms with Crippen LogP contribution in [-0.4, -0.2) is 46.9 Å². The van der Waals surface area contributed by atoms with Crippen molar-refractivity contribution in [1.82, 2.24) is 14.9 Å². The molecule has 2 aromatic carbocycles. The van der Waals surface area contributed by atoms with Gasteiger partial charge in [0, 0.05) is 36.4 Å². The SMILES string of the molecule is COc1cnc(C(=O)Nc2ccc(C3CCN(C(=O)c4cnc5c(F)c(F)ccc5c4)CC3)cc2)c(F)c1. The van der Waals surface area contributed by atoms with Gasteiger partial charge in [-0.25, -0.2) is 18.2 Å². The van der Waals surface area contributed by atoms with Crippen molar-refractivity contribution in [3.05, 3.63) is 95.2 Å². The Balaban J connectivity index is 1.19.